The molecule has 5 nitrogen and oxygen atoms in total. The molecule has 0 fully saturated rings. The van der Waals surface area contributed by atoms with Crippen molar-refractivity contribution in [1.29, 1.82) is 0 Å². The zero-order valence-electron chi connectivity index (χ0n) is 11.0. The molecule has 2 N–H and O–H groups in total. The largest absolute Gasteiger partial charge is 0.482 e. The third-order valence-corrected chi connectivity index (χ3v) is 2.25. The summed E-state index contributed by atoms with van der Waals surface area (Å²) in [7, 11) is 0. The molecule has 19 heavy (non-hydrogen) atoms. The maximum absolute atomic E-state index is 11.7. The van der Waals surface area contributed by atoms with E-state index in [-0.39, 0.29) is 5.91 Å². The van der Waals surface area contributed by atoms with Gasteiger partial charge < -0.3 is 15.2 Å². The van der Waals surface area contributed by atoms with Crippen LogP contribution in [0.25, 0.3) is 0 Å². The molecule has 0 saturated carbocycles. The topological polar surface area (TPSA) is 75.6 Å². The normalized spacial score (nSPS) is 9.58. The molecule has 5 heteroatoms. The molecule has 0 aliphatic heterocycles. The Balaban J connectivity index is 2.53. The van der Waals surface area contributed by atoms with Gasteiger partial charge in [-0.15, -0.1) is 0 Å². The highest BCUT2D eigenvalue weighted by molar-refractivity contribution is 5.94. The number of hydrogen-bond donors (Lipinski definition) is 2. The minimum atomic E-state index is -1.04. The standard InChI is InChI=1S/C14H17NO4/c1-10(2)7-8-15-14(18)11-3-5-12(6-4-11)19-9-13(16)17/h3-7H,8-9H2,1-2H3,(H,15,18)(H,16,17). The number of carboxylic acids is 1. The molecule has 102 valence electrons. The predicted molar refractivity (Wildman–Crippen MR) is 71.3 cm³/mol. The summed E-state index contributed by atoms with van der Waals surface area (Å²) in [6, 6.07) is 6.32. The van der Waals surface area contributed by atoms with Crippen molar-refractivity contribution in [3.8, 4) is 5.75 Å². The molecule has 0 heterocycles. The van der Waals surface area contributed by atoms with Gasteiger partial charge in [-0.3, -0.25) is 4.79 Å². The molecule has 0 unspecified atom stereocenters. The molecule has 0 spiro atoms. The maximum atomic E-state index is 11.7. The molecule has 0 radical (unpaired) electrons. The fourth-order valence-corrected chi connectivity index (χ4v) is 1.30. The summed E-state index contributed by atoms with van der Waals surface area (Å²) in [6.45, 7) is 4.01. The molecular weight excluding hydrogens is 246 g/mol. The van der Waals surface area contributed by atoms with E-state index in [1.54, 1.807) is 24.3 Å². The molecule has 1 aromatic carbocycles. The monoisotopic (exact) mass is 263 g/mol. The van der Waals surface area contributed by atoms with Gasteiger partial charge in [-0.05, 0) is 38.1 Å². The van der Waals surface area contributed by atoms with Crippen LogP contribution < -0.4 is 10.1 Å². The molecule has 0 saturated heterocycles. The number of nitrogens with one attached hydrogen (secondary N) is 1. The Bertz CT molecular complexity index is 473. The second-order valence-electron chi connectivity index (χ2n) is 4.20. The first-order valence-corrected chi connectivity index (χ1v) is 5.85. The number of carboxylic acid groups (broad SMARTS) is 1. The van der Waals surface area contributed by atoms with Crippen LogP contribution in [-0.2, 0) is 4.79 Å². The quantitative estimate of drug-likeness (QED) is 0.768. The highest BCUT2D eigenvalue weighted by atomic mass is 16.5. The van der Waals surface area contributed by atoms with Crippen LogP contribution in [-0.4, -0.2) is 30.1 Å². The second-order valence-corrected chi connectivity index (χ2v) is 4.20. The lowest BCUT2D eigenvalue weighted by Crippen LogP contribution is -2.23. The fourth-order valence-electron chi connectivity index (χ4n) is 1.30. The molecule has 0 bridgehead atoms. The third kappa shape index (κ3) is 5.72. The Labute approximate surface area is 111 Å². The van der Waals surface area contributed by atoms with E-state index >= 15 is 0 Å². The van der Waals surface area contributed by atoms with Gasteiger partial charge in [0.2, 0.25) is 0 Å². The molecule has 1 amide bonds. The van der Waals surface area contributed by atoms with Crippen molar-refractivity contribution in [2.24, 2.45) is 0 Å². The van der Waals surface area contributed by atoms with E-state index < -0.39 is 12.6 Å². The molecule has 0 aliphatic rings. The van der Waals surface area contributed by atoms with Gasteiger partial charge in [0.1, 0.15) is 5.75 Å². The number of benzene rings is 1. The summed E-state index contributed by atoms with van der Waals surface area (Å²) in [5.74, 6) is -0.797. The van der Waals surface area contributed by atoms with E-state index in [0.717, 1.165) is 5.57 Å². The van der Waals surface area contributed by atoms with Crippen LogP contribution in [0.1, 0.15) is 24.2 Å². The SMILES string of the molecule is CC(C)=CCNC(=O)c1ccc(OCC(=O)O)cc1. The van der Waals surface area contributed by atoms with Crippen molar-refractivity contribution < 1.29 is 19.4 Å². The van der Waals surface area contributed by atoms with Crippen molar-refractivity contribution in [2.45, 2.75) is 13.8 Å². The first kappa shape index (κ1) is 14.8. The van der Waals surface area contributed by atoms with Crippen LogP contribution in [0.3, 0.4) is 0 Å². The van der Waals surface area contributed by atoms with Gasteiger partial charge in [0, 0.05) is 12.1 Å². The lowest BCUT2D eigenvalue weighted by atomic mass is 10.2. The van der Waals surface area contributed by atoms with E-state index in [2.05, 4.69) is 5.32 Å². The Kier molecular flexibility index (Phi) is 5.60. The Morgan fingerprint density at radius 2 is 1.89 bits per heavy atom. The van der Waals surface area contributed by atoms with Crippen molar-refractivity contribution in [3.63, 3.8) is 0 Å². The average Bonchev–Trinajstić information content (AvgIpc) is 2.36. The Hall–Kier alpha value is -2.30. The van der Waals surface area contributed by atoms with Gasteiger partial charge in [0.25, 0.3) is 5.91 Å². The number of rotatable bonds is 6. The summed E-state index contributed by atoms with van der Waals surface area (Å²) in [4.78, 5) is 22.1. The predicted octanol–water partition coefficient (Wildman–Crippen LogP) is 1.85. The van der Waals surface area contributed by atoms with Gasteiger partial charge in [-0.1, -0.05) is 11.6 Å². The van der Waals surface area contributed by atoms with Crippen molar-refractivity contribution in [1.82, 2.24) is 5.32 Å². The number of aliphatic carboxylic acids is 1. The van der Waals surface area contributed by atoms with Crippen LogP contribution in [0.2, 0.25) is 0 Å². The van der Waals surface area contributed by atoms with Crippen molar-refractivity contribution >= 4 is 11.9 Å². The van der Waals surface area contributed by atoms with Crippen LogP contribution in [0.5, 0.6) is 5.75 Å². The first-order chi connectivity index (χ1) is 8.99. The van der Waals surface area contributed by atoms with Gasteiger partial charge in [0.15, 0.2) is 6.61 Å². The molecule has 0 aromatic heterocycles. The minimum Gasteiger partial charge on any atom is -0.482 e. The minimum absolute atomic E-state index is 0.178. The number of carbonyl (C=O) groups is 2. The number of hydrogen-bond acceptors (Lipinski definition) is 3. The van der Waals surface area contributed by atoms with Crippen molar-refractivity contribution in [3.05, 3.63) is 41.5 Å². The molecule has 0 atom stereocenters. The highest BCUT2D eigenvalue weighted by Crippen LogP contribution is 2.12. The highest BCUT2D eigenvalue weighted by Gasteiger charge is 2.05. The number of ether oxygens (including phenoxy) is 1. The van der Waals surface area contributed by atoms with Crippen LogP contribution in [0.15, 0.2) is 35.9 Å². The van der Waals surface area contributed by atoms with E-state index in [9.17, 15) is 9.59 Å². The molecular formula is C14H17NO4. The van der Waals surface area contributed by atoms with Crippen LogP contribution in [0, 0.1) is 0 Å². The smallest absolute Gasteiger partial charge is 0.341 e. The maximum Gasteiger partial charge on any atom is 0.341 e. The van der Waals surface area contributed by atoms with Gasteiger partial charge >= 0.3 is 5.97 Å². The summed E-state index contributed by atoms with van der Waals surface area (Å²) < 4.78 is 4.97. The van der Waals surface area contributed by atoms with E-state index in [0.29, 0.717) is 17.9 Å². The molecule has 1 aromatic rings. The van der Waals surface area contributed by atoms with Crippen LogP contribution in [0.4, 0.5) is 0 Å². The van der Waals surface area contributed by atoms with Gasteiger partial charge in [0.05, 0.1) is 0 Å². The summed E-state index contributed by atoms with van der Waals surface area (Å²) in [5, 5.41) is 11.2. The van der Waals surface area contributed by atoms with Gasteiger partial charge in [-0.2, -0.15) is 0 Å². The van der Waals surface area contributed by atoms with E-state index in [4.69, 9.17) is 9.84 Å². The first-order valence-electron chi connectivity index (χ1n) is 5.85. The van der Waals surface area contributed by atoms with E-state index in [1.165, 1.54) is 0 Å². The number of carbonyl (C=O) groups excluding carboxylic acids is 1. The third-order valence-electron chi connectivity index (χ3n) is 2.25. The molecule has 0 aliphatic carbocycles. The van der Waals surface area contributed by atoms with Crippen LogP contribution >= 0.6 is 0 Å². The number of amides is 1. The number of allylic oxidation sites excluding steroid dienone is 1. The fraction of sp³-hybridized carbons (Fsp3) is 0.286. The lowest BCUT2D eigenvalue weighted by Gasteiger charge is -2.05. The van der Waals surface area contributed by atoms with Gasteiger partial charge in [-0.25, -0.2) is 4.79 Å². The second kappa shape index (κ2) is 7.20. The Morgan fingerprint density at radius 1 is 1.26 bits per heavy atom. The zero-order chi connectivity index (χ0) is 14.3. The zero-order valence-corrected chi connectivity index (χ0v) is 11.0. The summed E-state index contributed by atoms with van der Waals surface area (Å²) in [5.41, 5.74) is 1.64. The summed E-state index contributed by atoms with van der Waals surface area (Å²) in [6.07, 6.45) is 1.92. The Morgan fingerprint density at radius 3 is 2.42 bits per heavy atom. The lowest BCUT2D eigenvalue weighted by molar-refractivity contribution is -0.139. The van der Waals surface area contributed by atoms with Crippen molar-refractivity contribution in [2.75, 3.05) is 13.2 Å². The average molecular weight is 263 g/mol. The summed E-state index contributed by atoms with van der Waals surface area (Å²) >= 11 is 0. The van der Waals surface area contributed by atoms with E-state index in [1.807, 2.05) is 19.9 Å². The molecule has 1 rings (SSSR count).